The molecule has 118 valence electrons. The third-order valence-corrected chi connectivity index (χ3v) is 5.80. The van der Waals surface area contributed by atoms with Crippen LogP contribution in [0, 0.1) is 23.2 Å². The van der Waals surface area contributed by atoms with Gasteiger partial charge < -0.3 is 5.32 Å². The summed E-state index contributed by atoms with van der Waals surface area (Å²) in [5, 5.41) is 13.1. The Kier molecular flexibility index (Phi) is 4.51. The molecule has 0 saturated carbocycles. The summed E-state index contributed by atoms with van der Waals surface area (Å²) in [4.78, 5) is 15.9. The molecule has 0 radical (unpaired) electrons. The van der Waals surface area contributed by atoms with Gasteiger partial charge in [-0.1, -0.05) is 13.8 Å². The molecule has 0 bridgehead atoms. The van der Waals surface area contributed by atoms with E-state index in [1.807, 2.05) is 0 Å². The topological polar surface area (TPSA) is 56.1 Å². The fourth-order valence-electron chi connectivity index (χ4n) is 3.90. The molecule has 0 spiro atoms. The van der Waals surface area contributed by atoms with Gasteiger partial charge in [-0.15, -0.1) is 11.3 Å². The second-order valence-corrected chi connectivity index (χ2v) is 7.97. The number of nitrogens with zero attached hydrogens (tertiary/aromatic N) is 2. The maximum absolute atomic E-state index is 12.3. The van der Waals surface area contributed by atoms with Gasteiger partial charge in [0.1, 0.15) is 11.1 Å². The number of nitriles is 1. The van der Waals surface area contributed by atoms with E-state index in [1.165, 1.54) is 16.9 Å². The van der Waals surface area contributed by atoms with Gasteiger partial charge in [-0.3, -0.25) is 9.69 Å². The van der Waals surface area contributed by atoms with Crippen molar-refractivity contribution in [2.24, 2.45) is 11.8 Å². The van der Waals surface area contributed by atoms with Gasteiger partial charge in [-0.25, -0.2) is 0 Å². The van der Waals surface area contributed by atoms with Crippen molar-refractivity contribution in [2.45, 2.75) is 39.5 Å². The lowest BCUT2D eigenvalue weighted by Gasteiger charge is -2.34. The number of carbonyl (C=O) groups is 1. The molecule has 3 rings (SSSR count). The minimum atomic E-state index is 0.0118. The van der Waals surface area contributed by atoms with Crippen molar-refractivity contribution in [3.05, 3.63) is 16.0 Å². The number of rotatable bonds is 3. The van der Waals surface area contributed by atoms with Gasteiger partial charge in [0.05, 0.1) is 12.1 Å². The molecular formula is C17H23N3OS. The molecule has 1 aromatic heterocycles. The van der Waals surface area contributed by atoms with Crippen LogP contribution in [0.1, 0.15) is 42.7 Å². The van der Waals surface area contributed by atoms with Crippen LogP contribution in [0.15, 0.2) is 0 Å². The van der Waals surface area contributed by atoms with Gasteiger partial charge in [0, 0.05) is 18.0 Å². The molecule has 1 aliphatic heterocycles. The zero-order chi connectivity index (χ0) is 15.7. The van der Waals surface area contributed by atoms with Crippen molar-refractivity contribution in [1.29, 1.82) is 5.26 Å². The SMILES string of the molecule is C[C@@H]1C[C@H](C)CN(CC(=O)Nc2sc3c(c2C#N)CCC3)C1. The molecule has 2 aliphatic rings. The van der Waals surface area contributed by atoms with Gasteiger partial charge in [0.15, 0.2) is 0 Å². The number of fused-ring (bicyclic) bond motifs is 1. The van der Waals surface area contributed by atoms with Crippen molar-refractivity contribution >= 4 is 22.2 Å². The molecule has 5 heteroatoms. The van der Waals surface area contributed by atoms with Crippen LogP contribution in [0.4, 0.5) is 5.00 Å². The van der Waals surface area contributed by atoms with Crippen LogP contribution in [-0.2, 0) is 17.6 Å². The number of anilines is 1. The Balaban J connectivity index is 1.64. The second-order valence-electron chi connectivity index (χ2n) is 6.86. The number of piperidine rings is 1. The summed E-state index contributed by atoms with van der Waals surface area (Å²) in [7, 11) is 0. The van der Waals surface area contributed by atoms with E-state index >= 15 is 0 Å². The van der Waals surface area contributed by atoms with Gasteiger partial charge in [-0.2, -0.15) is 5.26 Å². The molecule has 0 unspecified atom stereocenters. The smallest absolute Gasteiger partial charge is 0.239 e. The van der Waals surface area contributed by atoms with E-state index in [1.54, 1.807) is 11.3 Å². The van der Waals surface area contributed by atoms with Crippen molar-refractivity contribution in [2.75, 3.05) is 25.0 Å². The molecule has 1 fully saturated rings. The minimum absolute atomic E-state index is 0.0118. The summed E-state index contributed by atoms with van der Waals surface area (Å²) < 4.78 is 0. The van der Waals surface area contributed by atoms with Crippen LogP contribution in [-0.4, -0.2) is 30.4 Å². The summed E-state index contributed by atoms with van der Waals surface area (Å²) in [6.45, 7) is 6.91. The van der Waals surface area contributed by atoms with Crippen molar-refractivity contribution in [3.8, 4) is 6.07 Å². The number of likely N-dealkylation sites (tertiary alicyclic amines) is 1. The lowest BCUT2D eigenvalue weighted by atomic mass is 9.92. The Morgan fingerprint density at radius 3 is 2.77 bits per heavy atom. The summed E-state index contributed by atoms with van der Waals surface area (Å²) >= 11 is 1.59. The number of nitrogens with one attached hydrogen (secondary N) is 1. The van der Waals surface area contributed by atoms with Gasteiger partial charge in [-0.05, 0) is 43.1 Å². The van der Waals surface area contributed by atoms with E-state index in [9.17, 15) is 10.1 Å². The molecule has 1 aliphatic carbocycles. The van der Waals surface area contributed by atoms with Crippen molar-refractivity contribution in [3.63, 3.8) is 0 Å². The Morgan fingerprint density at radius 2 is 2.09 bits per heavy atom. The van der Waals surface area contributed by atoms with Crippen LogP contribution in [0.5, 0.6) is 0 Å². The highest BCUT2D eigenvalue weighted by Crippen LogP contribution is 2.38. The third kappa shape index (κ3) is 3.18. The number of hydrogen-bond acceptors (Lipinski definition) is 4. The Morgan fingerprint density at radius 1 is 1.36 bits per heavy atom. The number of carbonyl (C=O) groups excluding carboxylic acids is 1. The number of aryl methyl sites for hydroxylation is 1. The number of amides is 1. The van der Waals surface area contributed by atoms with Gasteiger partial charge >= 0.3 is 0 Å². The van der Waals surface area contributed by atoms with Crippen LogP contribution in [0.25, 0.3) is 0 Å². The van der Waals surface area contributed by atoms with Gasteiger partial charge in [0.25, 0.3) is 0 Å². The standard InChI is InChI=1S/C17H23N3OS/c1-11-6-12(2)9-20(8-11)10-16(21)19-17-14(7-18)13-4-3-5-15(13)22-17/h11-12H,3-6,8-10H2,1-2H3,(H,19,21)/t11-,12+. The highest BCUT2D eigenvalue weighted by molar-refractivity contribution is 7.16. The first kappa shape index (κ1) is 15.5. The first-order valence-corrected chi connectivity index (χ1v) is 8.95. The molecule has 1 N–H and O–H groups in total. The predicted octanol–water partition coefficient (Wildman–Crippen LogP) is 3.02. The quantitative estimate of drug-likeness (QED) is 0.932. The second kappa shape index (κ2) is 6.39. The highest BCUT2D eigenvalue weighted by Gasteiger charge is 2.25. The zero-order valence-electron chi connectivity index (χ0n) is 13.3. The van der Waals surface area contributed by atoms with Crippen molar-refractivity contribution in [1.82, 2.24) is 4.90 Å². The Hall–Kier alpha value is -1.38. The molecule has 22 heavy (non-hydrogen) atoms. The normalized spacial score (nSPS) is 24.8. The van der Waals surface area contributed by atoms with E-state index in [2.05, 4.69) is 30.1 Å². The fraction of sp³-hybridized carbons (Fsp3) is 0.647. The van der Waals surface area contributed by atoms with E-state index in [0.717, 1.165) is 37.4 Å². The van der Waals surface area contributed by atoms with Crippen LogP contribution < -0.4 is 5.32 Å². The van der Waals surface area contributed by atoms with Gasteiger partial charge in [0.2, 0.25) is 5.91 Å². The number of thiophene rings is 1. The first-order valence-electron chi connectivity index (χ1n) is 8.13. The summed E-state index contributed by atoms with van der Waals surface area (Å²) in [5.41, 5.74) is 1.87. The monoisotopic (exact) mass is 317 g/mol. The maximum Gasteiger partial charge on any atom is 0.239 e. The molecule has 0 aromatic carbocycles. The van der Waals surface area contributed by atoms with E-state index in [0.29, 0.717) is 23.9 Å². The lowest BCUT2D eigenvalue weighted by Crippen LogP contribution is -2.42. The predicted molar refractivity (Wildman–Crippen MR) is 89.1 cm³/mol. The molecule has 2 atom stereocenters. The van der Waals surface area contributed by atoms with Crippen LogP contribution in [0.2, 0.25) is 0 Å². The fourth-order valence-corrected chi connectivity index (χ4v) is 5.16. The zero-order valence-corrected chi connectivity index (χ0v) is 14.1. The summed E-state index contributed by atoms with van der Waals surface area (Å²) in [5.74, 6) is 1.31. The van der Waals surface area contributed by atoms with E-state index < -0.39 is 0 Å². The first-order chi connectivity index (χ1) is 10.6. The Labute approximate surface area is 136 Å². The largest absolute Gasteiger partial charge is 0.315 e. The maximum atomic E-state index is 12.3. The summed E-state index contributed by atoms with van der Waals surface area (Å²) in [6, 6.07) is 2.28. The van der Waals surface area contributed by atoms with Crippen LogP contribution in [0.3, 0.4) is 0 Å². The minimum Gasteiger partial charge on any atom is -0.315 e. The molecular weight excluding hydrogens is 294 g/mol. The van der Waals surface area contributed by atoms with Crippen molar-refractivity contribution < 1.29 is 4.79 Å². The molecule has 4 nitrogen and oxygen atoms in total. The Bertz CT molecular complexity index is 606. The van der Waals surface area contributed by atoms with E-state index in [4.69, 9.17) is 0 Å². The van der Waals surface area contributed by atoms with E-state index in [-0.39, 0.29) is 5.91 Å². The molecule has 1 amide bonds. The van der Waals surface area contributed by atoms with Crippen LogP contribution >= 0.6 is 11.3 Å². The average molecular weight is 317 g/mol. The molecule has 2 heterocycles. The summed E-state index contributed by atoms with van der Waals surface area (Å²) in [6.07, 6.45) is 4.40. The average Bonchev–Trinajstić information content (AvgIpc) is 2.97. The lowest BCUT2D eigenvalue weighted by molar-refractivity contribution is -0.117. The number of hydrogen-bond donors (Lipinski definition) is 1. The molecule has 1 saturated heterocycles. The third-order valence-electron chi connectivity index (χ3n) is 4.60. The highest BCUT2D eigenvalue weighted by atomic mass is 32.1. The molecule has 1 aromatic rings.